The highest BCUT2D eigenvalue weighted by Gasteiger charge is 2.26. The van der Waals surface area contributed by atoms with Gasteiger partial charge in [-0.3, -0.25) is 5.10 Å². The van der Waals surface area contributed by atoms with E-state index in [2.05, 4.69) is 34.6 Å². The maximum atomic E-state index is 4.26. The zero-order chi connectivity index (χ0) is 10.4. The summed E-state index contributed by atoms with van der Waals surface area (Å²) in [6, 6.07) is 4.39. The molecule has 0 amide bonds. The second-order valence-electron chi connectivity index (χ2n) is 4.30. The number of H-pyrrole nitrogens is 1. The molecule has 0 unspecified atom stereocenters. The van der Waals surface area contributed by atoms with Gasteiger partial charge in [0.1, 0.15) is 0 Å². The van der Waals surface area contributed by atoms with Crippen molar-refractivity contribution in [2.75, 3.05) is 12.4 Å². The Balaban J connectivity index is 2.28. The predicted octanol–water partition coefficient (Wildman–Crippen LogP) is 2.79. The molecule has 0 radical (unpaired) electrons. The maximum absolute atomic E-state index is 4.26. The van der Waals surface area contributed by atoms with Crippen molar-refractivity contribution in [3.63, 3.8) is 0 Å². The molecule has 0 saturated heterocycles. The molecule has 1 saturated carbocycles. The highest BCUT2D eigenvalue weighted by molar-refractivity contribution is 5.93. The maximum Gasteiger partial charge on any atom is 0.155 e. The van der Waals surface area contributed by atoms with Crippen LogP contribution in [0.15, 0.2) is 12.1 Å². The van der Waals surface area contributed by atoms with Crippen molar-refractivity contribution in [2.24, 2.45) is 0 Å². The molecule has 1 heterocycles. The first-order chi connectivity index (χ1) is 7.31. The summed E-state index contributed by atoms with van der Waals surface area (Å²) >= 11 is 0. The number of hydrogen-bond donors (Lipinski definition) is 2. The molecule has 15 heavy (non-hydrogen) atoms. The molecule has 1 aromatic heterocycles. The second kappa shape index (κ2) is 2.99. The molecule has 1 aliphatic rings. The Kier molecular flexibility index (Phi) is 1.75. The van der Waals surface area contributed by atoms with Gasteiger partial charge < -0.3 is 5.32 Å². The van der Waals surface area contributed by atoms with Gasteiger partial charge in [0.25, 0.3) is 0 Å². The molecule has 1 aromatic carbocycles. The van der Waals surface area contributed by atoms with Gasteiger partial charge in [0, 0.05) is 12.4 Å². The lowest BCUT2D eigenvalue weighted by Gasteiger charge is -2.06. The van der Waals surface area contributed by atoms with Crippen LogP contribution in [0.25, 0.3) is 10.9 Å². The van der Waals surface area contributed by atoms with Gasteiger partial charge in [0.05, 0.1) is 5.52 Å². The fourth-order valence-corrected chi connectivity index (χ4v) is 2.32. The van der Waals surface area contributed by atoms with Crippen LogP contribution in [0, 0.1) is 6.92 Å². The van der Waals surface area contributed by atoms with Gasteiger partial charge in [-0.15, -0.1) is 0 Å². The quantitative estimate of drug-likeness (QED) is 0.784. The summed E-state index contributed by atoms with van der Waals surface area (Å²) in [6.07, 6.45) is 2.69. The van der Waals surface area contributed by atoms with Crippen LogP contribution in [0.5, 0.6) is 0 Å². The van der Waals surface area contributed by atoms with Crippen LogP contribution in [0.2, 0.25) is 0 Å². The molecule has 1 aliphatic carbocycles. The van der Waals surface area contributed by atoms with Crippen LogP contribution < -0.4 is 5.32 Å². The molecule has 3 heteroatoms. The van der Waals surface area contributed by atoms with E-state index in [1.807, 2.05) is 7.05 Å². The summed E-state index contributed by atoms with van der Waals surface area (Å²) in [5, 5.41) is 11.7. The van der Waals surface area contributed by atoms with Crippen molar-refractivity contribution >= 4 is 16.7 Å². The number of aromatic amines is 1. The highest BCUT2D eigenvalue weighted by Crippen LogP contribution is 2.43. The lowest BCUT2D eigenvalue weighted by Crippen LogP contribution is -1.91. The summed E-state index contributed by atoms with van der Waals surface area (Å²) in [5.41, 5.74) is 4.01. The topological polar surface area (TPSA) is 40.7 Å². The number of anilines is 1. The Bertz CT molecular complexity index is 509. The smallest absolute Gasteiger partial charge is 0.155 e. The van der Waals surface area contributed by atoms with Gasteiger partial charge in [0.15, 0.2) is 5.82 Å². The third-order valence-corrected chi connectivity index (χ3v) is 3.29. The normalized spacial score (nSPS) is 15.9. The van der Waals surface area contributed by atoms with E-state index in [1.54, 1.807) is 0 Å². The fourth-order valence-electron chi connectivity index (χ4n) is 2.32. The number of benzene rings is 1. The molecule has 0 aliphatic heterocycles. The summed E-state index contributed by atoms with van der Waals surface area (Å²) in [6.45, 7) is 2.20. The molecule has 2 aromatic rings. The van der Waals surface area contributed by atoms with Gasteiger partial charge in [-0.25, -0.2) is 0 Å². The first kappa shape index (κ1) is 8.77. The largest absolute Gasteiger partial charge is 0.371 e. The van der Waals surface area contributed by atoms with Crippen molar-refractivity contribution in [3.8, 4) is 0 Å². The van der Waals surface area contributed by atoms with Crippen LogP contribution >= 0.6 is 0 Å². The molecular formula is C12H15N3. The van der Waals surface area contributed by atoms with E-state index in [0.29, 0.717) is 0 Å². The van der Waals surface area contributed by atoms with Crippen molar-refractivity contribution in [1.29, 1.82) is 0 Å². The van der Waals surface area contributed by atoms with E-state index < -0.39 is 0 Å². The van der Waals surface area contributed by atoms with Gasteiger partial charge >= 0.3 is 0 Å². The molecule has 0 spiro atoms. The first-order valence-electron chi connectivity index (χ1n) is 5.46. The van der Waals surface area contributed by atoms with Gasteiger partial charge in [-0.1, -0.05) is 6.07 Å². The monoisotopic (exact) mass is 201 g/mol. The predicted molar refractivity (Wildman–Crippen MR) is 62.4 cm³/mol. The lowest BCUT2D eigenvalue weighted by atomic mass is 10.0. The van der Waals surface area contributed by atoms with E-state index in [-0.39, 0.29) is 0 Å². The third-order valence-electron chi connectivity index (χ3n) is 3.29. The van der Waals surface area contributed by atoms with Crippen molar-refractivity contribution in [2.45, 2.75) is 25.7 Å². The Hall–Kier alpha value is -1.51. The molecule has 1 fully saturated rings. The Morgan fingerprint density at radius 1 is 1.40 bits per heavy atom. The van der Waals surface area contributed by atoms with Crippen molar-refractivity contribution < 1.29 is 0 Å². The lowest BCUT2D eigenvalue weighted by molar-refractivity contribution is 1.11. The summed E-state index contributed by atoms with van der Waals surface area (Å²) in [5.74, 6) is 1.76. The number of rotatable bonds is 2. The van der Waals surface area contributed by atoms with E-state index in [4.69, 9.17) is 0 Å². The molecule has 3 nitrogen and oxygen atoms in total. The zero-order valence-electron chi connectivity index (χ0n) is 9.09. The van der Waals surface area contributed by atoms with E-state index in [0.717, 1.165) is 17.3 Å². The minimum atomic E-state index is 0.800. The van der Waals surface area contributed by atoms with Crippen LogP contribution in [0.4, 0.5) is 5.82 Å². The average molecular weight is 201 g/mol. The fraction of sp³-hybridized carbons (Fsp3) is 0.417. The van der Waals surface area contributed by atoms with E-state index in [1.165, 1.54) is 29.4 Å². The number of nitrogens with one attached hydrogen (secondary N) is 2. The summed E-state index contributed by atoms with van der Waals surface area (Å²) in [4.78, 5) is 0. The number of hydrogen-bond acceptors (Lipinski definition) is 2. The van der Waals surface area contributed by atoms with Gasteiger partial charge in [-0.05, 0) is 42.9 Å². The molecule has 2 N–H and O–H groups in total. The highest BCUT2D eigenvalue weighted by atomic mass is 15.2. The van der Waals surface area contributed by atoms with Crippen LogP contribution in [0.1, 0.15) is 29.9 Å². The van der Waals surface area contributed by atoms with Crippen molar-refractivity contribution in [3.05, 3.63) is 23.3 Å². The molecule has 0 atom stereocenters. The summed E-state index contributed by atoms with van der Waals surface area (Å²) in [7, 11) is 1.92. The number of aromatic nitrogens is 2. The Morgan fingerprint density at radius 2 is 2.20 bits per heavy atom. The van der Waals surface area contributed by atoms with E-state index in [9.17, 15) is 0 Å². The minimum absolute atomic E-state index is 0.800. The van der Waals surface area contributed by atoms with Gasteiger partial charge in [0.2, 0.25) is 0 Å². The molecule has 3 rings (SSSR count). The zero-order valence-corrected chi connectivity index (χ0v) is 9.09. The minimum Gasteiger partial charge on any atom is -0.371 e. The summed E-state index contributed by atoms with van der Waals surface area (Å²) < 4.78 is 0. The van der Waals surface area contributed by atoms with Crippen LogP contribution in [0.3, 0.4) is 0 Å². The Morgan fingerprint density at radius 3 is 2.87 bits per heavy atom. The van der Waals surface area contributed by atoms with E-state index >= 15 is 0 Å². The van der Waals surface area contributed by atoms with Gasteiger partial charge in [-0.2, -0.15) is 5.10 Å². The van der Waals surface area contributed by atoms with Crippen molar-refractivity contribution in [1.82, 2.24) is 10.2 Å². The second-order valence-corrected chi connectivity index (χ2v) is 4.30. The average Bonchev–Trinajstić information content (AvgIpc) is 2.98. The molecule has 78 valence electrons. The Labute approximate surface area is 88.9 Å². The van der Waals surface area contributed by atoms with Crippen LogP contribution in [-0.2, 0) is 0 Å². The number of fused-ring (bicyclic) bond motifs is 1. The van der Waals surface area contributed by atoms with Crippen LogP contribution in [-0.4, -0.2) is 17.2 Å². The first-order valence-corrected chi connectivity index (χ1v) is 5.46. The number of aryl methyl sites for hydroxylation is 1. The third kappa shape index (κ3) is 1.23. The number of nitrogens with zero attached hydrogens (tertiary/aromatic N) is 1. The molecular weight excluding hydrogens is 186 g/mol. The SMILES string of the molecule is CNc1n[nH]c2ccc(C3CC3)c(C)c12. The molecule has 0 bridgehead atoms. The standard InChI is InChI=1S/C12H15N3/c1-7-9(8-3-4-8)5-6-10-11(7)12(13-2)15-14-10/h5-6,8H,3-4H2,1-2H3,(H2,13,14,15).